The van der Waals surface area contributed by atoms with Gasteiger partial charge < -0.3 is 9.47 Å². The molecule has 0 bridgehead atoms. The Morgan fingerprint density at radius 2 is 1.94 bits per heavy atom. The quantitative estimate of drug-likeness (QED) is 0.529. The van der Waals surface area contributed by atoms with Crippen molar-refractivity contribution in [2.45, 2.75) is 19.9 Å². The number of allylic oxidation sites excluding steroid dienone is 1. The highest BCUT2D eigenvalue weighted by atomic mass is 32.1. The Kier molecular flexibility index (Phi) is 6.52. The van der Waals surface area contributed by atoms with Gasteiger partial charge in [0.2, 0.25) is 0 Å². The number of ether oxygens (including phenoxy) is 2. The number of fused-ring (bicyclic) bond motifs is 1. The molecule has 3 aromatic rings. The number of carbonyl (C=O) groups is 1. The first-order valence-electron chi connectivity index (χ1n) is 10.4. The average Bonchev–Trinajstić information content (AvgIpc) is 3.12. The first-order chi connectivity index (χ1) is 16.0. The molecular weight excluding hydrogens is 438 g/mol. The van der Waals surface area contributed by atoms with Gasteiger partial charge in [-0.05, 0) is 43.2 Å². The van der Waals surface area contributed by atoms with Gasteiger partial charge in [0, 0.05) is 0 Å². The van der Waals surface area contributed by atoms with Crippen LogP contribution in [-0.4, -0.2) is 23.8 Å². The van der Waals surface area contributed by atoms with Gasteiger partial charge in [-0.2, -0.15) is 5.26 Å². The highest BCUT2D eigenvalue weighted by Crippen LogP contribution is 2.30. The lowest BCUT2D eigenvalue weighted by atomic mass is 9.96. The SMILES string of the molecule is CCOC(=O)C1=C(C)N=c2s/c(=C\c3ccc(OCC#N)cc3)c(=O)n2[C@@H]1c1ccccc1. The van der Waals surface area contributed by atoms with Gasteiger partial charge in [0.15, 0.2) is 11.4 Å². The molecule has 0 saturated heterocycles. The zero-order valence-electron chi connectivity index (χ0n) is 18.1. The Morgan fingerprint density at radius 1 is 1.21 bits per heavy atom. The van der Waals surface area contributed by atoms with Gasteiger partial charge in [0.25, 0.3) is 5.56 Å². The minimum atomic E-state index is -0.620. The smallest absolute Gasteiger partial charge is 0.338 e. The number of aromatic nitrogens is 1. The number of nitrogens with zero attached hydrogens (tertiary/aromatic N) is 3. The maximum absolute atomic E-state index is 13.5. The minimum Gasteiger partial charge on any atom is -0.479 e. The number of hydrogen-bond donors (Lipinski definition) is 0. The molecule has 0 aliphatic carbocycles. The van der Waals surface area contributed by atoms with Gasteiger partial charge in [-0.1, -0.05) is 53.8 Å². The molecule has 2 heterocycles. The van der Waals surface area contributed by atoms with Crippen LogP contribution < -0.4 is 19.6 Å². The monoisotopic (exact) mass is 459 g/mol. The van der Waals surface area contributed by atoms with E-state index in [4.69, 9.17) is 14.7 Å². The van der Waals surface area contributed by atoms with Crippen LogP contribution in [0.5, 0.6) is 5.75 Å². The van der Waals surface area contributed by atoms with Crippen molar-refractivity contribution in [2.75, 3.05) is 13.2 Å². The molecular formula is C25H21N3O4S. The van der Waals surface area contributed by atoms with Crippen molar-refractivity contribution in [2.24, 2.45) is 4.99 Å². The van der Waals surface area contributed by atoms with Crippen LogP contribution in [0.3, 0.4) is 0 Å². The molecule has 0 amide bonds. The molecule has 8 heteroatoms. The van der Waals surface area contributed by atoms with Gasteiger partial charge in [-0.15, -0.1) is 0 Å². The number of thiazole rings is 1. The third-order valence-electron chi connectivity index (χ3n) is 5.11. The second kappa shape index (κ2) is 9.67. The highest BCUT2D eigenvalue weighted by Gasteiger charge is 2.33. The molecule has 0 radical (unpaired) electrons. The zero-order chi connectivity index (χ0) is 23.4. The second-order valence-electron chi connectivity index (χ2n) is 7.23. The summed E-state index contributed by atoms with van der Waals surface area (Å²) >= 11 is 1.27. The van der Waals surface area contributed by atoms with Crippen LogP contribution in [0.25, 0.3) is 6.08 Å². The highest BCUT2D eigenvalue weighted by molar-refractivity contribution is 7.07. The fourth-order valence-corrected chi connectivity index (χ4v) is 4.72. The summed E-state index contributed by atoms with van der Waals surface area (Å²) in [6.45, 7) is 3.71. The molecule has 2 aromatic carbocycles. The van der Waals surface area contributed by atoms with Crippen molar-refractivity contribution in [3.63, 3.8) is 0 Å². The number of esters is 1. The predicted octanol–water partition coefficient (Wildman–Crippen LogP) is 2.70. The molecule has 166 valence electrons. The average molecular weight is 460 g/mol. The number of hydrogen-bond acceptors (Lipinski definition) is 7. The molecule has 1 aromatic heterocycles. The van der Waals surface area contributed by atoms with E-state index in [1.807, 2.05) is 48.5 Å². The number of carbonyl (C=O) groups excluding carboxylic acids is 1. The molecule has 0 fully saturated rings. The minimum absolute atomic E-state index is 0.0282. The molecule has 7 nitrogen and oxygen atoms in total. The maximum atomic E-state index is 13.5. The van der Waals surface area contributed by atoms with Crippen molar-refractivity contribution < 1.29 is 14.3 Å². The molecule has 0 saturated carbocycles. The van der Waals surface area contributed by atoms with Crippen LogP contribution in [0.15, 0.2) is 75.7 Å². The summed E-state index contributed by atoms with van der Waals surface area (Å²) < 4.78 is 12.6. The summed E-state index contributed by atoms with van der Waals surface area (Å²) in [4.78, 5) is 31.4. The largest absolute Gasteiger partial charge is 0.479 e. The number of benzene rings is 2. The zero-order valence-corrected chi connectivity index (χ0v) is 19.0. The van der Waals surface area contributed by atoms with Crippen LogP contribution in [0.4, 0.5) is 0 Å². The predicted molar refractivity (Wildman–Crippen MR) is 124 cm³/mol. The molecule has 4 rings (SSSR count). The lowest BCUT2D eigenvalue weighted by molar-refractivity contribution is -0.139. The van der Waals surface area contributed by atoms with Crippen molar-refractivity contribution in [3.05, 3.63) is 96.7 Å². The fraction of sp³-hybridized carbons (Fsp3) is 0.200. The first kappa shape index (κ1) is 22.2. The van der Waals surface area contributed by atoms with Crippen LogP contribution in [0, 0.1) is 11.3 Å². The summed E-state index contributed by atoms with van der Waals surface area (Å²) in [5.41, 5.74) is 2.28. The van der Waals surface area contributed by atoms with Crippen molar-refractivity contribution in [3.8, 4) is 11.8 Å². The van der Waals surface area contributed by atoms with Crippen LogP contribution in [0.1, 0.15) is 31.0 Å². The molecule has 0 spiro atoms. The fourth-order valence-electron chi connectivity index (χ4n) is 3.67. The molecule has 33 heavy (non-hydrogen) atoms. The maximum Gasteiger partial charge on any atom is 0.338 e. The lowest BCUT2D eigenvalue weighted by Crippen LogP contribution is -2.39. The van der Waals surface area contributed by atoms with Crippen LogP contribution >= 0.6 is 11.3 Å². The summed E-state index contributed by atoms with van der Waals surface area (Å²) in [6.07, 6.45) is 1.78. The number of rotatable bonds is 6. The Balaban J connectivity index is 1.84. The lowest BCUT2D eigenvalue weighted by Gasteiger charge is -2.24. The first-order valence-corrected chi connectivity index (χ1v) is 11.2. The molecule has 1 aliphatic rings. The van der Waals surface area contributed by atoms with E-state index in [0.717, 1.165) is 11.1 Å². The van der Waals surface area contributed by atoms with Gasteiger partial charge in [0.1, 0.15) is 11.8 Å². The summed E-state index contributed by atoms with van der Waals surface area (Å²) in [7, 11) is 0. The standard InChI is InChI=1S/C25H21N3O4S/c1-3-31-24(30)21-16(2)27-25-28(22(21)18-7-5-4-6-8-18)23(29)20(33-25)15-17-9-11-19(12-10-17)32-14-13-26/h4-12,15,22H,3,14H2,1-2H3/b20-15-/t22-/m1/s1. The topological polar surface area (TPSA) is 93.7 Å². The molecule has 1 atom stereocenters. The van der Waals surface area contributed by atoms with Crippen LogP contribution in [0.2, 0.25) is 0 Å². The molecule has 1 aliphatic heterocycles. The van der Waals surface area contributed by atoms with Gasteiger partial charge in [0.05, 0.1) is 28.5 Å². The van der Waals surface area contributed by atoms with E-state index in [1.165, 1.54) is 11.3 Å². The molecule has 0 N–H and O–H groups in total. The Hall–Kier alpha value is -3.96. The Bertz CT molecular complexity index is 1430. The van der Waals surface area contributed by atoms with Gasteiger partial charge >= 0.3 is 5.97 Å². The van der Waals surface area contributed by atoms with Crippen molar-refractivity contribution >= 4 is 23.4 Å². The van der Waals surface area contributed by atoms with E-state index in [2.05, 4.69) is 4.99 Å². The Labute approximate surface area is 194 Å². The third-order valence-corrected chi connectivity index (χ3v) is 6.10. The van der Waals surface area contributed by atoms with Gasteiger partial charge in [-0.25, -0.2) is 9.79 Å². The third kappa shape index (κ3) is 4.49. The van der Waals surface area contributed by atoms with E-state index in [1.54, 1.807) is 36.6 Å². The number of nitriles is 1. The van der Waals surface area contributed by atoms with Crippen molar-refractivity contribution in [1.82, 2.24) is 4.57 Å². The van der Waals surface area contributed by atoms with Crippen molar-refractivity contribution in [1.29, 1.82) is 5.26 Å². The van der Waals surface area contributed by atoms with Gasteiger partial charge in [-0.3, -0.25) is 9.36 Å². The normalized spacial score (nSPS) is 15.4. The van der Waals surface area contributed by atoms with Crippen LogP contribution in [-0.2, 0) is 9.53 Å². The second-order valence-corrected chi connectivity index (χ2v) is 8.24. The van der Waals surface area contributed by atoms with E-state index >= 15 is 0 Å². The Morgan fingerprint density at radius 3 is 2.61 bits per heavy atom. The van der Waals surface area contributed by atoms with E-state index in [-0.39, 0.29) is 18.8 Å². The summed E-state index contributed by atoms with van der Waals surface area (Å²) in [5, 5.41) is 8.63. The van der Waals surface area contributed by atoms with E-state index < -0.39 is 12.0 Å². The summed E-state index contributed by atoms with van der Waals surface area (Å²) in [5.74, 6) is 0.101. The molecule has 0 unspecified atom stereocenters. The van der Waals surface area contributed by atoms with E-state index in [0.29, 0.717) is 26.4 Å². The van der Waals surface area contributed by atoms with E-state index in [9.17, 15) is 9.59 Å². The summed E-state index contributed by atoms with van der Waals surface area (Å²) in [6, 6.07) is 17.8.